The molecule has 0 bridgehead atoms. The lowest BCUT2D eigenvalue weighted by atomic mass is 10.1. The molecule has 0 spiro atoms. The highest BCUT2D eigenvalue weighted by Crippen LogP contribution is 2.35. The molecule has 1 aliphatic heterocycles. The second kappa shape index (κ2) is 7.39. The van der Waals surface area contributed by atoms with E-state index in [0.717, 1.165) is 31.4 Å². The van der Waals surface area contributed by atoms with E-state index < -0.39 is 6.10 Å². The van der Waals surface area contributed by atoms with E-state index in [0.29, 0.717) is 18.0 Å². The maximum Gasteiger partial charge on any atom is 0.268 e. The van der Waals surface area contributed by atoms with Gasteiger partial charge >= 0.3 is 0 Å². The third-order valence-corrected chi connectivity index (χ3v) is 6.65. The summed E-state index contributed by atoms with van der Waals surface area (Å²) < 4.78 is 14.2. The zero-order valence-corrected chi connectivity index (χ0v) is 17.3. The van der Waals surface area contributed by atoms with Crippen molar-refractivity contribution in [2.45, 2.75) is 76.7 Å². The topological polar surface area (TPSA) is 56.6 Å². The lowest BCUT2D eigenvalue weighted by Gasteiger charge is -2.36. The van der Waals surface area contributed by atoms with Gasteiger partial charge in [-0.3, -0.25) is 9.48 Å². The van der Waals surface area contributed by atoms with E-state index in [1.54, 1.807) is 0 Å². The van der Waals surface area contributed by atoms with Gasteiger partial charge in [0.25, 0.3) is 5.91 Å². The van der Waals surface area contributed by atoms with Crippen LogP contribution in [0.15, 0.2) is 24.3 Å². The summed E-state index contributed by atoms with van der Waals surface area (Å²) in [7, 11) is 2.02. The quantitative estimate of drug-likeness (QED) is 0.796. The van der Waals surface area contributed by atoms with Gasteiger partial charge in [-0.25, -0.2) is 0 Å². The number of aryl methyl sites for hydroxylation is 1. The molecule has 0 saturated heterocycles. The summed E-state index contributed by atoms with van der Waals surface area (Å²) in [5.74, 6) is 1.38. The Morgan fingerprint density at radius 3 is 2.62 bits per heavy atom. The Hall–Kier alpha value is -2.50. The average molecular weight is 396 g/mol. The van der Waals surface area contributed by atoms with E-state index in [1.165, 1.54) is 30.5 Å². The Kier molecular flexibility index (Phi) is 4.72. The molecular weight excluding hydrogens is 366 g/mol. The number of para-hydroxylation sites is 2. The smallest absolute Gasteiger partial charge is 0.268 e. The van der Waals surface area contributed by atoms with Crippen LogP contribution in [-0.2, 0) is 31.2 Å². The molecular formula is C23H29N3O3. The number of aromatic nitrogens is 2. The molecule has 2 aromatic rings. The highest BCUT2D eigenvalue weighted by Gasteiger charge is 2.40. The lowest BCUT2D eigenvalue weighted by molar-refractivity contribution is -0.147. The molecule has 1 aromatic carbocycles. The van der Waals surface area contributed by atoms with E-state index in [1.807, 2.05) is 47.8 Å². The van der Waals surface area contributed by atoms with Crippen LogP contribution in [0.2, 0.25) is 0 Å². The van der Waals surface area contributed by atoms with Crippen molar-refractivity contribution in [1.82, 2.24) is 14.7 Å². The molecule has 1 aromatic heterocycles. The number of hydrogen-bond acceptors (Lipinski definition) is 4. The Morgan fingerprint density at radius 2 is 1.86 bits per heavy atom. The van der Waals surface area contributed by atoms with Crippen LogP contribution in [0.1, 0.15) is 56.0 Å². The molecule has 2 unspecified atom stereocenters. The van der Waals surface area contributed by atoms with Crippen molar-refractivity contribution in [2.75, 3.05) is 0 Å². The van der Waals surface area contributed by atoms with Gasteiger partial charge in [0.05, 0.1) is 12.2 Å². The molecule has 0 N–H and O–H groups in total. The predicted molar refractivity (Wildman–Crippen MR) is 109 cm³/mol. The minimum atomic E-state index is -0.623. The van der Waals surface area contributed by atoms with Gasteiger partial charge in [0, 0.05) is 18.8 Å². The van der Waals surface area contributed by atoms with Crippen LogP contribution in [0, 0.1) is 0 Å². The zero-order valence-electron chi connectivity index (χ0n) is 17.3. The van der Waals surface area contributed by atoms with Gasteiger partial charge in [-0.2, -0.15) is 5.10 Å². The molecule has 0 radical (unpaired) electrons. The highest BCUT2D eigenvalue weighted by atomic mass is 16.6. The summed E-state index contributed by atoms with van der Waals surface area (Å²) in [4.78, 5) is 15.7. The lowest BCUT2D eigenvalue weighted by Crippen LogP contribution is -2.52. The number of ether oxygens (including phenoxy) is 2. The Bertz CT molecular complexity index is 916. The van der Waals surface area contributed by atoms with Gasteiger partial charge in [0.15, 0.2) is 11.5 Å². The second-order valence-electron chi connectivity index (χ2n) is 8.56. The van der Waals surface area contributed by atoms with Crippen molar-refractivity contribution in [1.29, 1.82) is 0 Å². The molecule has 1 saturated carbocycles. The Morgan fingerprint density at radius 1 is 1.14 bits per heavy atom. The summed E-state index contributed by atoms with van der Waals surface area (Å²) in [6.45, 7) is 2.49. The standard InChI is InChI=1S/C23H29N3O3/c1-15-22(29-21-13-6-5-12-20(21)28-15)23(27)26(16-8-3-4-9-16)14-18-17-10-7-11-19(17)25(2)24-18/h5-6,12-13,15-16,22H,3-4,7-11,14H2,1-2H3. The van der Waals surface area contributed by atoms with Crippen LogP contribution < -0.4 is 9.47 Å². The van der Waals surface area contributed by atoms with Crippen molar-refractivity contribution in [2.24, 2.45) is 7.05 Å². The van der Waals surface area contributed by atoms with Crippen LogP contribution >= 0.6 is 0 Å². The molecule has 2 atom stereocenters. The molecule has 29 heavy (non-hydrogen) atoms. The SMILES string of the molecule is CC1Oc2ccccc2OC1C(=O)N(Cc1nn(C)c2c1CCC2)C1CCCC1. The number of amides is 1. The maximum absolute atomic E-state index is 13.7. The third-order valence-electron chi connectivity index (χ3n) is 6.65. The number of hydrogen-bond donors (Lipinski definition) is 0. The van der Waals surface area contributed by atoms with Crippen molar-refractivity contribution < 1.29 is 14.3 Å². The van der Waals surface area contributed by atoms with Crippen LogP contribution in [0.3, 0.4) is 0 Å². The first-order valence-electron chi connectivity index (χ1n) is 10.9. The number of carbonyl (C=O) groups is 1. The normalized spacial score (nSPS) is 23.2. The summed E-state index contributed by atoms with van der Waals surface area (Å²) >= 11 is 0. The number of carbonyl (C=O) groups excluding carboxylic acids is 1. The fourth-order valence-electron chi connectivity index (χ4n) is 5.14. The van der Waals surface area contributed by atoms with Crippen molar-refractivity contribution in [3.63, 3.8) is 0 Å². The van der Waals surface area contributed by atoms with Crippen LogP contribution in [-0.4, -0.2) is 38.8 Å². The molecule has 6 heteroatoms. The summed E-state index contributed by atoms with van der Waals surface area (Å²) in [6.07, 6.45) is 6.85. The molecule has 2 heterocycles. The Labute approximate surface area is 171 Å². The molecule has 3 aliphatic rings. The number of fused-ring (bicyclic) bond motifs is 2. The summed E-state index contributed by atoms with van der Waals surface area (Å²) in [5.41, 5.74) is 3.74. The predicted octanol–water partition coefficient (Wildman–Crippen LogP) is 3.41. The van der Waals surface area contributed by atoms with Crippen LogP contribution in [0.25, 0.3) is 0 Å². The van der Waals surface area contributed by atoms with Crippen molar-refractivity contribution in [3.05, 3.63) is 41.2 Å². The molecule has 154 valence electrons. The van der Waals surface area contributed by atoms with E-state index in [4.69, 9.17) is 14.6 Å². The van der Waals surface area contributed by atoms with E-state index in [9.17, 15) is 4.79 Å². The second-order valence-corrected chi connectivity index (χ2v) is 8.56. The molecule has 6 nitrogen and oxygen atoms in total. The third kappa shape index (κ3) is 3.28. The van der Waals surface area contributed by atoms with Gasteiger partial charge in [-0.1, -0.05) is 25.0 Å². The van der Waals surface area contributed by atoms with Crippen LogP contribution in [0.4, 0.5) is 0 Å². The van der Waals surface area contributed by atoms with Gasteiger partial charge in [0.1, 0.15) is 6.10 Å². The molecule has 1 fully saturated rings. The van der Waals surface area contributed by atoms with E-state index >= 15 is 0 Å². The number of rotatable bonds is 4. The molecule has 2 aliphatic carbocycles. The van der Waals surface area contributed by atoms with Gasteiger partial charge in [0.2, 0.25) is 6.10 Å². The summed E-state index contributed by atoms with van der Waals surface area (Å²) in [6, 6.07) is 7.84. The fourth-order valence-corrected chi connectivity index (χ4v) is 5.14. The first-order valence-corrected chi connectivity index (χ1v) is 10.9. The number of nitrogens with zero attached hydrogens (tertiary/aromatic N) is 3. The van der Waals surface area contributed by atoms with E-state index in [2.05, 4.69) is 0 Å². The largest absolute Gasteiger partial charge is 0.482 e. The minimum absolute atomic E-state index is 0.0244. The number of benzene rings is 1. The monoisotopic (exact) mass is 395 g/mol. The highest BCUT2D eigenvalue weighted by molar-refractivity contribution is 5.83. The van der Waals surface area contributed by atoms with Crippen molar-refractivity contribution in [3.8, 4) is 11.5 Å². The van der Waals surface area contributed by atoms with Crippen LogP contribution in [0.5, 0.6) is 11.5 Å². The van der Waals surface area contributed by atoms with Gasteiger partial charge in [-0.05, 0) is 56.7 Å². The van der Waals surface area contributed by atoms with Gasteiger partial charge < -0.3 is 14.4 Å². The van der Waals surface area contributed by atoms with E-state index in [-0.39, 0.29) is 18.1 Å². The maximum atomic E-state index is 13.7. The minimum Gasteiger partial charge on any atom is -0.482 e. The average Bonchev–Trinajstić information content (AvgIpc) is 3.46. The molecule has 5 rings (SSSR count). The first kappa shape index (κ1) is 18.5. The summed E-state index contributed by atoms with van der Waals surface area (Å²) in [5, 5.41) is 4.78. The zero-order chi connectivity index (χ0) is 20.0. The fraction of sp³-hybridized carbons (Fsp3) is 0.565. The van der Waals surface area contributed by atoms with Gasteiger partial charge in [-0.15, -0.1) is 0 Å². The van der Waals surface area contributed by atoms with Crippen molar-refractivity contribution >= 4 is 5.91 Å². The Balaban J connectivity index is 1.43. The molecule has 1 amide bonds. The first-order chi connectivity index (χ1) is 14.1.